The summed E-state index contributed by atoms with van der Waals surface area (Å²) in [5.41, 5.74) is 0.732. The molecule has 3 aromatic carbocycles. The number of amides is 1. The van der Waals surface area contributed by atoms with Crippen LogP contribution < -0.4 is 11.0 Å². The predicted octanol–water partition coefficient (Wildman–Crippen LogP) is 4.17. The van der Waals surface area contributed by atoms with Crippen LogP contribution in [-0.4, -0.2) is 52.4 Å². The fraction of sp³-hybridized carbons (Fsp3) is 0.148. The van der Waals surface area contributed by atoms with Gasteiger partial charge in [-0.15, -0.1) is 10.2 Å². The highest BCUT2D eigenvalue weighted by Gasteiger charge is 2.39. The van der Waals surface area contributed by atoms with Gasteiger partial charge in [-0.2, -0.15) is 13.2 Å². The number of aliphatic hydroxyl groups is 1. The second-order valence-corrected chi connectivity index (χ2v) is 9.32. The number of anilines is 1. The van der Waals surface area contributed by atoms with Crippen LogP contribution in [0, 0.1) is 0 Å². The zero-order chi connectivity index (χ0) is 29.1. The Labute approximate surface area is 235 Å². The molecule has 2 heterocycles. The quantitative estimate of drug-likeness (QED) is 0.283. The summed E-state index contributed by atoms with van der Waals surface area (Å²) < 4.78 is 42.4. The summed E-state index contributed by atoms with van der Waals surface area (Å²) in [5, 5.41) is 21.4. The first-order valence-electron chi connectivity index (χ1n) is 12.1. The lowest BCUT2D eigenvalue weighted by molar-refractivity contribution is -0.207. The van der Waals surface area contributed by atoms with Crippen molar-refractivity contribution in [3.63, 3.8) is 0 Å². The second-order valence-electron chi connectivity index (χ2n) is 8.88. The molecule has 0 radical (unpaired) electrons. The number of carbonyl (C=O) groups is 1. The molecule has 1 atom stereocenters. The Kier molecular flexibility index (Phi) is 7.72. The molecule has 0 fully saturated rings. The van der Waals surface area contributed by atoms with E-state index in [1.807, 2.05) is 6.07 Å². The Balaban J connectivity index is 1.45. The van der Waals surface area contributed by atoms with E-state index in [2.05, 4.69) is 20.5 Å². The minimum absolute atomic E-state index is 0.0997. The van der Waals surface area contributed by atoms with E-state index in [0.29, 0.717) is 27.5 Å². The summed E-state index contributed by atoms with van der Waals surface area (Å²) in [6.07, 6.45) is -6.39. The summed E-state index contributed by atoms with van der Waals surface area (Å²) in [6, 6.07) is 21.6. The van der Waals surface area contributed by atoms with Crippen LogP contribution in [0.1, 0.15) is 16.2 Å². The van der Waals surface area contributed by atoms with E-state index in [1.54, 1.807) is 48.5 Å². The van der Waals surface area contributed by atoms with Gasteiger partial charge in [0.05, 0.1) is 17.8 Å². The Bertz CT molecular complexity index is 1730. The summed E-state index contributed by atoms with van der Waals surface area (Å²) in [6.45, 7) is -1.36. The van der Waals surface area contributed by atoms with E-state index in [4.69, 9.17) is 11.6 Å². The fourth-order valence-electron chi connectivity index (χ4n) is 4.00. The predicted molar refractivity (Wildman–Crippen MR) is 144 cm³/mol. The Morgan fingerprint density at radius 2 is 1.66 bits per heavy atom. The Hall–Kier alpha value is -4.75. The van der Waals surface area contributed by atoms with E-state index in [1.165, 1.54) is 35.3 Å². The molecule has 0 saturated heterocycles. The van der Waals surface area contributed by atoms with Crippen LogP contribution in [0.25, 0.3) is 17.1 Å². The van der Waals surface area contributed by atoms with Gasteiger partial charge in [-0.25, -0.2) is 19.1 Å². The number of nitrogens with zero attached hydrogens (tertiary/aromatic N) is 6. The third-order valence-electron chi connectivity index (χ3n) is 6.02. The molecular formula is C27H21ClF3N7O3. The SMILES string of the molecule is O=C(Nc1ccccc1)c1ccccc1-n1cnc(Cn2nc(-c3ccc(Cl)cc3)n(C[C@H](O)C(F)(F)F)c2=O)n1. The molecule has 0 saturated carbocycles. The number of hydrogen-bond donors (Lipinski definition) is 2. The van der Waals surface area contributed by atoms with Gasteiger partial charge in [0.2, 0.25) is 0 Å². The molecule has 0 aliphatic rings. The molecule has 41 heavy (non-hydrogen) atoms. The maximum atomic E-state index is 13.1. The molecule has 0 unspecified atom stereocenters. The van der Waals surface area contributed by atoms with Crippen molar-refractivity contribution in [1.29, 1.82) is 0 Å². The summed E-state index contributed by atoms with van der Waals surface area (Å²) in [7, 11) is 0. The number of aromatic nitrogens is 6. The monoisotopic (exact) mass is 583 g/mol. The van der Waals surface area contributed by atoms with Crippen molar-refractivity contribution in [2.75, 3.05) is 5.32 Å². The Morgan fingerprint density at radius 3 is 2.37 bits per heavy atom. The van der Waals surface area contributed by atoms with E-state index >= 15 is 0 Å². The van der Waals surface area contributed by atoms with Gasteiger partial charge >= 0.3 is 11.9 Å². The number of alkyl halides is 3. The number of rotatable bonds is 8. The van der Waals surface area contributed by atoms with Crippen LogP contribution >= 0.6 is 11.6 Å². The normalized spacial score (nSPS) is 12.3. The fourth-order valence-corrected chi connectivity index (χ4v) is 4.13. The molecule has 0 aliphatic carbocycles. The molecule has 2 aromatic heterocycles. The zero-order valence-electron chi connectivity index (χ0n) is 21.0. The molecule has 0 spiro atoms. The minimum Gasteiger partial charge on any atom is -0.382 e. The van der Waals surface area contributed by atoms with Crippen LogP contribution in [0.4, 0.5) is 18.9 Å². The first kappa shape index (κ1) is 27.8. The van der Waals surface area contributed by atoms with Gasteiger partial charge in [-0.1, -0.05) is 41.9 Å². The third-order valence-corrected chi connectivity index (χ3v) is 6.27. The largest absolute Gasteiger partial charge is 0.416 e. The van der Waals surface area contributed by atoms with Crippen LogP contribution in [0.2, 0.25) is 5.02 Å². The number of nitrogens with one attached hydrogen (secondary N) is 1. The van der Waals surface area contributed by atoms with Crippen molar-refractivity contribution in [3.8, 4) is 17.1 Å². The first-order valence-corrected chi connectivity index (χ1v) is 12.5. The van der Waals surface area contributed by atoms with Crippen molar-refractivity contribution < 1.29 is 23.1 Å². The van der Waals surface area contributed by atoms with Crippen molar-refractivity contribution in [2.45, 2.75) is 25.4 Å². The van der Waals surface area contributed by atoms with Gasteiger partial charge in [0.25, 0.3) is 5.91 Å². The molecule has 5 rings (SSSR count). The zero-order valence-corrected chi connectivity index (χ0v) is 21.8. The van der Waals surface area contributed by atoms with Gasteiger partial charge in [0.1, 0.15) is 12.9 Å². The summed E-state index contributed by atoms with van der Waals surface area (Å²) in [4.78, 5) is 30.3. The van der Waals surface area contributed by atoms with Gasteiger partial charge in [0.15, 0.2) is 17.8 Å². The molecule has 2 N–H and O–H groups in total. The lowest BCUT2D eigenvalue weighted by atomic mass is 10.1. The van der Waals surface area contributed by atoms with E-state index in [9.17, 15) is 27.9 Å². The molecule has 14 heteroatoms. The third kappa shape index (κ3) is 6.21. The highest BCUT2D eigenvalue weighted by Crippen LogP contribution is 2.24. The van der Waals surface area contributed by atoms with Crippen LogP contribution in [0.5, 0.6) is 0 Å². The number of hydrogen-bond acceptors (Lipinski definition) is 6. The Morgan fingerprint density at radius 1 is 0.976 bits per heavy atom. The van der Waals surface area contributed by atoms with Crippen LogP contribution in [0.15, 0.2) is 90.0 Å². The summed E-state index contributed by atoms with van der Waals surface area (Å²) >= 11 is 5.92. The molecule has 1 amide bonds. The maximum absolute atomic E-state index is 13.1. The van der Waals surface area contributed by atoms with E-state index < -0.39 is 24.5 Å². The number of halogens is 4. The van der Waals surface area contributed by atoms with Crippen molar-refractivity contribution in [2.24, 2.45) is 0 Å². The maximum Gasteiger partial charge on any atom is 0.416 e. The number of aliphatic hydroxyl groups excluding tert-OH is 1. The second kappa shape index (κ2) is 11.4. The highest BCUT2D eigenvalue weighted by atomic mass is 35.5. The van der Waals surface area contributed by atoms with Crippen molar-refractivity contribution in [3.05, 3.63) is 112 Å². The number of carbonyl (C=O) groups excluding carboxylic acids is 1. The molecule has 210 valence electrons. The molecule has 5 aromatic rings. The minimum atomic E-state index is -4.95. The molecular weight excluding hydrogens is 563 g/mol. The van der Waals surface area contributed by atoms with Gasteiger partial charge < -0.3 is 10.4 Å². The molecule has 0 aliphatic heterocycles. The lowest BCUT2D eigenvalue weighted by Crippen LogP contribution is -2.37. The van der Waals surface area contributed by atoms with Crippen molar-refractivity contribution in [1.82, 2.24) is 29.1 Å². The highest BCUT2D eigenvalue weighted by molar-refractivity contribution is 6.30. The van der Waals surface area contributed by atoms with Crippen LogP contribution in [0.3, 0.4) is 0 Å². The van der Waals surface area contributed by atoms with E-state index in [0.717, 1.165) is 9.25 Å². The number of benzene rings is 3. The summed E-state index contributed by atoms with van der Waals surface area (Å²) in [5.74, 6) is -0.374. The standard InChI is InChI=1S/C27H21ClF3N7O3/c28-18-12-10-17(11-13-18)24-35-37(26(41)36(24)14-22(39)27(29,30)31)15-23-32-16-38(34-23)21-9-5-4-8-20(21)25(40)33-19-6-2-1-3-7-19/h1-13,16,22,39H,14-15H2,(H,33,40)/t22-/m0/s1. The van der Waals surface area contributed by atoms with Gasteiger partial charge in [-0.05, 0) is 48.5 Å². The lowest BCUT2D eigenvalue weighted by Gasteiger charge is -2.15. The van der Waals surface area contributed by atoms with E-state index in [-0.39, 0.29) is 24.1 Å². The van der Waals surface area contributed by atoms with Gasteiger partial charge in [0, 0.05) is 16.3 Å². The number of para-hydroxylation sites is 2. The average Bonchev–Trinajstić information content (AvgIpc) is 3.54. The molecule has 0 bridgehead atoms. The van der Waals surface area contributed by atoms with Crippen molar-refractivity contribution >= 4 is 23.2 Å². The average molecular weight is 584 g/mol. The first-order chi connectivity index (χ1) is 19.6. The topological polar surface area (TPSA) is 120 Å². The van der Waals surface area contributed by atoms with Gasteiger partial charge in [-0.3, -0.25) is 9.36 Å². The smallest absolute Gasteiger partial charge is 0.382 e. The molecule has 10 nitrogen and oxygen atoms in total. The van der Waals surface area contributed by atoms with Crippen LogP contribution in [-0.2, 0) is 13.1 Å².